The number of nitrogens with one attached hydrogen (secondary N) is 2. The van der Waals surface area contributed by atoms with Gasteiger partial charge in [-0.25, -0.2) is 0 Å². The largest absolute Gasteiger partial charge is 0.493 e. The lowest BCUT2D eigenvalue weighted by molar-refractivity contribution is -0.113. The lowest BCUT2D eigenvalue weighted by Crippen LogP contribution is -2.38. The molecular formula is C34H44N4O2. The van der Waals surface area contributed by atoms with Crippen molar-refractivity contribution in [1.29, 1.82) is 5.41 Å². The van der Waals surface area contributed by atoms with Crippen LogP contribution in [0.25, 0.3) is 5.57 Å². The van der Waals surface area contributed by atoms with E-state index in [-0.39, 0.29) is 5.78 Å². The van der Waals surface area contributed by atoms with Crippen molar-refractivity contribution in [3.05, 3.63) is 93.7 Å². The first-order chi connectivity index (χ1) is 19.4. The topological polar surface area (TPSA) is 78.3 Å². The second-order valence-corrected chi connectivity index (χ2v) is 11.1. The number of nitrogens with zero attached hydrogens (tertiary/aromatic N) is 2. The number of ketones is 1. The first-order valence-corrected chi connectivity index (χ1v) is 14.6. The predicted molar refractivity (Wildman–Crippen MR) is 164 cm³/mol. The average Bonchev–Trinajstić information content (AvgIpc) is 3.34. The minimum Gasteiger partial charge on any atom is -0.493 e. The summed E-state index contributed by atoms with van der Waals surface area (Å²) in [4.78, 5) is 19.5. The van der Waals surface area contributed by atoms with E-state index < -0.39 is 0 Å². The highest BCUT2D eigenvalue weighted by Crippen LogP contribution is 2.30. The van der Waals surface area contributed by atoms with Gasteiger partial charge < -0.3 is 15.5 Å². The number of hydrogen-bond donors (Lipinski definition) is 2. The molecule has 0 aromatic carbocycles. The smallest absolute Gasteiger partial charge is 0.163 e. The summed E-state index contributed by atoms with van der Waals surface area (Å²) in [6, 6.07) is 6.84. The van der Waals surface area contributed by atoms with Gasteiger partial charge in [-0.15, -0.1) is 0 Å². The Morgan fingerprint density at radius 3 is 2.80 bits per heavy atom. The highest BCUT2D eigenvalue weighted by molar-refractivity contribution is 6.11. The van der Waals surface area contributed by atoms with Gasteiger partial charge in [-0.1, -0.05) is 55.4 Å². The van der Waals surface area contributed by atoms with Gasteiger partial charge in [0.05, 0.1) is 23.5 Å². The zero-order chi connectivity index (χ0) is 28.5. The summed E-state index contributed by atoms with van der Waals surface area (Å²) in [6.07, 6.45) is 18.4. The molecule has 4 rings (SSSR count). The summed E-state index contributed by atoms with van der Waals surface area (Å²) in [6.45, 7) is 10.9. The lowest BCUT2D eigenvalue weighted by atomic mass is 9.92. The summed E-state index contributed by atoms with van der Waals surface area (Å²) < 4.78 is 6.53. The second kappa shape index (κ2) is 14.2. The molecule has 1 aromatic rings. The summed E-state index contributed by atoms with van der Waals surface area (Å²) in [5.41, 5.74) is 7.94. The van der Waals surface area contributed by atoms with Gasteiger partial charge in [-0.05, 0) is 69.7 Å². The molecule has 0 spiro atoms. The van der Waals surface area contributed by atoms with Crippen LogP contribution >= 0.6 is 0 Å². The van der Waals surface area contributed by atoms with Crippen LogP contribution in [0, 0.1) is 5.41 Å². The molecule has 2 heterocycles. The maximum Gasteiger partial charge on any atom is 0.163 e. The summed E-state index contributed by atoms with van der Waals surface area (Å²) >= 11 is 0. The molecule has 1 saturated carbocycles. The van der Waals surface area contributed by atoms with Gasteiger partial charge >= 0.3 is 0 Å². The highest BCUT2D eigenvalue weighted by Gasteiger charge is 2.27. The fourth-order valence-corrected chi connectivity index (χ4v) is 5.38. The number of carbonyl (C=O) groups excluding carboxylic acids is 1. The van der Waals surface area contributed by atoms with Crippen molar-refractivity contribution in [2.24, 2.45) is 0 Å². The molecule has 1 aliphatic heterocycles. The van der Waals surface area contributed by atoms with E-state index in [1.807, 2.05) is 25.1 Å². The van der Waals surface area contributed by atoms with E-state index in [4.69, 9.17) is 15.1 Å². The van der Waals surface area contributed by atoms with Gasteiger partial charge in [0.25, 0.3) is 0 Å². The van der Waals surface area contributed by atoms with Gasteiger partial charge in [0, 0.05) is 43.0 Å². The van der Waals surface area contributed by atoms with E-state index in [1.54, 1.807) is 0 Å². The molecule has 0 radical (unpaired) electrons. The molecule has 0 atom stereocenters. The minimum atomic E-state index is -0.109. The first-order valence-electron chi connectivity index (χ1n) is 14.6. The quantitative estimate of drug-likeness (QED) is 0.224. The maximum atomic E-state index is 11.9. The number of hydrogen-bond acceptors (Lipinski definition) is 6. The van der Waals surface area contributed by atoms with Crippen molar-refractivity contribution in [2.75, 3.05) is 19.7 Å². The first kappa shape index (κ1) is 29.5. The van der Waals surface area contributed by atoms with Crippen LogP contribution in [0.3, 0.4) is 0 Å². The van der Waals surface area contributed by atoms with Crippen molar-refractivity contribution in [3.63, 3.8) is 0 Å². The van der Waals surface area contributed by atoms with Crippen LogP contribution in [-0.4, -0.2) is 47.6 Å². The predicted octanol–water partition coefficient (Wildman–Crippen LogP) is 6.84. The van der Waals surface area contributed by atoms with E-state index in [1.165, 1.54) is 42.9 Å². The summed E-state index contributed by atoms with van der Waals surface area (Å²) in [7, 11) is 0. The maximum absolute atomic E-state index is 11.9. The monoisotopic (exact) mass is 540 g/mol. The van der Waals surface area contributed by atoms with Crippen LogP contribution in [0.5, 0.6) is 0 Å². The fourth-order valence-electron chi connectivity index (χ4n) is 5.38. The molecule has 1 fully saturated rings. The van der Waals surface area contributed by atoms with Crippen LogP contribution in [0.2, 0.25) is 0 Å². The van der Waals surface area contributed by atoms with Gasteiger partial charge in [0.2, 0.25) is 0 Å². The molecule has 40 heavy (non-hydrogen) atoms. The zero-order valence-corrected chi connectivity index (χ0v) is 24.6. The molecule has 6 nitrogen and oxygen atoms in total. The number of rotatable bonds is 12. The third kappa shape index (κ3) is 7.79. The Morgan fingerprint density at radius 1 is 1.27 bits per heavy atom. The van der Waals surface area contributed by atoms with Crippen molar-refractivity contribution in [3.8, 4) is 0 Å². The molecule has 212 valence electrons. The molecule has 2 aliphatic carbocycles. The Labute approximate surface area is 239 Å². The molecule has 0 unspecified atom stereocenters. The van der Waals surface area contributed by atoms with Crippen LogP contribution in [-0.2, 0) is 16.1 Å². The number of ether oxygens (including phenoxy) is 1. The normalized spacial score (nSPS) is 23.1. The Kier molecular flexibility index (Phi) is 10.5. The third-order valence-corrected chi connectivity index (χ3v) is 7.89. The lowest BCUT2D eigenvalue weighted by Gasteiger charge is -2.34. The van der Waals surface area contributed by atoms with Gasteiger partial charge in [0.1, 0.15) is 12.4 Å². The van der Waals surface area contributed by atoms with E-state index >= 15 is 0 Å². The Bertz CT molecular complexity index is 1290. The van der Waals surface area contributed by atoms with Crippen LogP contribution in [0.4, 0.5) is 0 Å². The zero-order valence-electron chi connectivity index (χ0n) is 24.6. The number of allylic oxidation sites excluding steroid dienone is 7. The van der Waals surface area contributed by atoms with E-state index in [0.717, 1.165) is 66.6 Å². The van der Waals surface area contributed by atoms with Crippen LogP contribution in [0.1, 0.15) is 77.6 Å². The SMILES string of the molecule is CC/C(NCc1cccc(/C2=C(\OC/C(C)=C/C3=CCN(C4CCC4)C3)C/C(C)=C\C=C/C2)n1)=C(/C=N)C(C)=O. The molecule has 3 aliphatic rings. The number of carbonyl (C=O) groups is 1. The van der Waals surface area contributed by atoms with Crippen molar-refractivity contribution >= 4 is 17.6 Å². The number of pyridine rings is 1. The van der Waals surface area contributed by atoms with Crippen molar-refractivity contribution in [2.45, 2.75) is 78.8 Å². The second-order valence-electron chi connectivity index (χ2n) is 11.1. The third-order valence-electron chi connectivity index (χ3n) is 7.89. The molecule has 1 aromatic heterocycles. The fraction of sp³-hybridized carbons (Fsp3) is 0.441. The highest BCUT2D eigenvalue weighted by atomic mass is 16.5. The van der Waals surface area contributed by atoms with E-state index in [9.17, 15) is 4.79 Å². The van der Waals surface area contributed by atoms with E-state index in [0.29, 0.717) is 25.1 Å². The summed E-state index contributed by atoms with van der Waals surface area (Å²) in [5.74, 6) is 0.860. The van der Waals surface area contributed by atoms with Gasteiger partial charge in [-0.2, -0.15) is 0 Å². The minimum absolute atomic E-state index is 0.109. The Morgan fingerprint density at radius 2 is 2.10 bits per heavy atom. The molecule has 0 amide bonds. The van der Waals surface area contributed by atoms with Gasteiger partial charge in [-0.3, -0.25) is 14.7 Å². The Hall–Kier alpha value is -3.51. The van der Waals surface area contributed by atoms with Gasteiger partial charge in [0.15, 0.2) is 5.78 Å². The van der Waals surface area contributed by atoms with Crippen LogP contribution in [0.15, 0.2) is 82.3 Å². The average molecular weight is 541 g/mol. The van der Waals surface area contributed by atoms with Crippen molar-refractivity contribution in [1.82, 2.24) is 15.2 Å². The molecule has 6 heteroatoms. The standard InChI is InChI=1S/C34H44N4O2/c1-5-32(31(20-35)26(4)39)36-21-28-11-8-15-33(37-28)30-14-7-6-10-24(2)19-34(30)40-23-25(3)18-27-16-17-38(22-27)29-12-9-13-29/h6-8,10-11,15-16,18,20,29,35-36H,5,9,12-14,17,19,21-23H2,1-4H3/b7-6-,24-10-,25-18+,32-31+,34-30-,35-20?. The number of aromatic nitrogens is 1. The number of Topliss-reactive ketones (excluding diaryl/α,β-unsaturated/α-hetero) is 1. The Balaban J connectivity index is 1.50. The van der Waals surface area contributed by atoms with E-state index in [2.05, 4.69) is 54.4 Å². The van der Waals surface area contributed by atoms with Crippen LogP contribution < -0.4 is 5.32 Å². The molecule has 0 bridgehead atoms. The molecule has 2 N–H and O–H groups in total. The summed E-state index contributed by atoms with van der Waals surface area (Å²) in [5, 5.41) is 11.0. The van der Waals surface area contributed by atoms with Crippen molar-refractivity contribution < 1.29 is 9.53 Å². The molecule has 0 saturated heterocycles. The molecular weight excluding hydrogens is 496 g/mol.